The molecule has 0 atom stereocenters. The van der Waals surface area contributed by atoms with E-state index in [1.54, 1.807) is 0 Å². The van der Waals surface area contributed by atoms with Crippen molar-refractivity contribution in [3.63, 3.8) is 0 Å². The van der Waals surface area contributed by atoms with Crippen molar-refractivity contribution in [2.75, 3.05) is 4.90 Å². The molecule has 3 nitrogen and oxygen atoms in total. The number of furan rings is 1. The van der Waals surface area contributed by atoms with E-state index in [0.29, 0.717) is 0 Å². The highest BCUT2D eigenvalue weighted by atomic mass is 16.3. The third-order valence-corrected chi connectivity index (χ3v) is 12.2. The van der Waals surface area contributed by atoms with E-state index in [1.165, 1.54) is 54.8 Å². The van der Waals surface area contributed by atoms with E-state index in [0.717, 1.165) is 55.8 Å². The molecule has 0 fully saturated rings. The molecule has 10 aromatic carbocycles. The minimum atomic E-state index is 0.846. The molecule has 0 aliphatic rings. The Hall–Kier alpha value is -8.14. The van der Waals surface area contributed by atoms with Crippen LogP contribution in [0.5, 0.6) is 0 Å². The summed E-state index contributed by atoms with van der Waals surface area (Å²) in [4.78, 5) is 2.35. The van der Waals surface area contributed by atoms with Crippen LogP contribution in [0.2, 0.25) is 0 Å². The first-order chi connectivity index (χ1) is 30.3. The van der Waals surface area contributed by atoms with E-state index in [1.807, 2.05) is 0 Å². The third-order valence-electron chi connectivity index (χ3n) is 12.2. The maximum Gasteiger partial charge on any atom is 0.159 e. The number of aromatic nitrogens is 1. The monoisotopic (exact) mass is 778 g/mol. The maximum atomic E-state index is 7.02. The molecule has 286 valence electrons. The van der Waals surface area contributed by atoms with Crippen molar-refractivity contribution in [1.29, 1.82) is 0 Å². The van der Waals surface area contributed by atoms with Crippen molar-refractivity contribution >= 4 is 71.6 Å². The molecule has 0 spiro atoms. The van der Waals surface area contributed by atoms with Crippen molar-refractivity contribution in [2.24, 2.45) is 0 Å². The number of hydrogen-bond acceptors (Lipinski definition) is 2. The van der Waals surface area contributed by atoms with Crippen LogP contribution in [-0.2, 0) is 0 Å². The van der Waals surface area contributed by atoms with E-state index in [4.69, 9.17) is 4.42 Å². The molecular formula is C58H38N2O. The summed E-state index contributed by atoms with van der Waals surface area (Å²) < 4.78 is 9.41. The summed E-state index contributed by atoms with van der Waals surface area (Å²) in [7, 11) is 0. The first-order valence-corrected chi connectivity index (χ1v) is 20.8. The summed E-state index contributed by atoms with van der Waals surface area (Å²) in [6, 6.07) is 82.8. The number of hydrogen-bond donors (Lipinski definition) is 0. The van der Waals surface area contributed by atoms with Gasteiger partial charge in [0.1, 0.15) is 5.58 Å². The molecule has 0 amide bonds. The lowest BCUT2D eigenvalue weighted by Crippen LogP contribution is -2.10. The predicted octanol–water partition coefficient (Wildman–Crippen LogP) is 16.3. The van der Waals surface area contributed by atoms with E-state index in [9.17, 15) is 0 Å². The zero-order chi connectivity index (χ0) is 40.3. The topological polar surface area (TPSA) is 21.3 Å². The van der Waals surface area contributed by atoms with Gasteiger partial charge in [0.05, 0.1) is 16.7 Å². The Kier molecular flexibility index (Phi) is 8.17. The van der Waals surface area contributed by atoms with E-state index in [2.05, 4.69) is 240 Å². The Morgan fingerprint density at radius 1 is 0.361 bits per heavy atom. The molecule has 0 bridgehead atoms. The fourth-order valence-corrected chi connectivity index (χ4v) is 9.36. The van der Waals surface area contributed by atoms with Gasteiger partial charge in [0.15, 0.2) is 5.58 Å². The smallest absolute Gasteiger partial charge is 0.159 e. The second-order valence-corrected chi connectivity index (χ2v) is 15.7. The average molecular weight is 779 g/mol. The fourth-order valence-electron chi connectivity index (χ4n) is 9.36. The summed E-state index contributed by atoms with van der Waals surface area (Å²) in [5.41, 5.74) is 15.3. The van der Waals surface area contributed by atoms with Crippen LogP contribution in [0.25, 0.3) is 93.6 Å². The van der Waals surface area contributed by atoms with Crippen molar-refractivity contribution < 1.29 is 4.42 Å². The largest absolute Gasteiger partial charge is 0.454 e. The van der Waals surface area contributed by atoms with Crippen LogP contribution in [0, 0.1) is 0 Å². The molecule has 3 heteroatoms. The molecule has 2 aromatic heterocycles. The normalized spacial score (nSPS) is 11.6. The summed E-state index contributed by atoms with van der Waals surface area (Å²) >= 11 is 0. The number of nitrogens with zero attached hydrogens (tertiary/aromatic N) is 2. The molecule has 2 heterocycles. The summed E-state index contributed by atoms with van der Waals surface area (Å²) in [5, 5.41) is 7.00. The van der Waals surface area contributed by atoms with Crippen LogP contribution in [0.15, 0.2) is 235 Å². The van der Waals surface area contributed by atoms with Crippen LogP contribution in [0.1, 0.15) is 0 Å². The van der Waals surface area contributed by atoms with Gasteiger partial charge in [-0.1, -0.05) is 164 Å². The van der Waals surface area contributed by atoms with E-state index < -0.39 is 0 Å². The Morgan fingerprint density at radius 2 is 0.934 bits per heavy atom. The SMILES string of the molecule is c1ccc(-c2ccc(-c3ccc(N(c4ccccc4)c4cc(-c5cccc6c5c5ccccc5n6-c5ccccc5)cc5c4oc4ccc6ccccc6c45)cc3)cc2)cc1. The van der Waals surface area contributed by atoms with Crippen LogP contribution < -0.4 is 4.90 Å². The Labute approximate surface area is 353 Å². The van der Waals surface area contributed by atoms with Crippen molar-refractivity contribution in [3.8, 4) is 39.1 Å². The Morgan fingerprint density at radius 3 is 1.67 bits per heavy atom. The Balaban J connectivity index is 1.10. The number of rotatable bonds is 7. The number of para-hydroxylation sites is 3. The van der Waals surface area contributed by atoms with Crippen LogP contribution in [0.3, 0.4) is 0 Å². The summed E-state index contributed by atoms with van der Waals surface area (Å²) in [5.74, 6) is 0. The third kappa shape index (κ3) is 5.82. The van der Waals surface area contributed by atoms with Gasteiger partial charge in [-0.2, -0.15) is 0 Å². The molecule has 12 aromatic rings. The highest BCUT2D eigenvalue weighted by molar-refractivity contribution is 6.23. The van der Waals surface area contributed by atoms with Gasteiger partial charge in [-0.25, -0.2) is 0 Å². The van der Waals surface area contributed by atoms with Crippen LogP contribution in [-0.4, -0.2) is 4.57 Å². The van der Waals surface area contributed by atoms with Gasteiger partial charge in [-0.15, -0.1) is 0 Å². The lowest BCUT2D eigenvalue weighted by Gasteiger charge is -2.26. The minimum Gasteiger partial charge on any atom is -0.454 e. The zero-order valence-electron chi connectivity index (χ0n) is 33.2. The van der Waals surface area contributed by atoms with Crippen LogP contribution >= 0.6 is 0 Å². The molecule has 0 unspecified atom stereocenters. The lowest BCUT2D eigenvalue weighted by molar-refractivity contribution is 0.669. The second kappa shape index (κ2) is 14.3. The average Bonchev–Trinajstić information content (AvgIpc) is 3.89. The van der Waals surface area contributed by atoms with Gasteiger partial charge in [0.2, 0.25) is 0 Å². The highest BCUT2D eigenvalue weighted by Crippen LogP contribution is 2.48. The second-order valence-electron chi connectivity index (χ2n) is 15.7. The van der Waals surface area contributed by atoms with Gasteiger partial charge in [0, 0.05) is 38.6 Å². The van der Waals surface area contributed by atoms with Crippen molar-refractivity contribution in [2.45, 2.75) is 0 Å². The number of anilines is 3. The molecule has 0 aliphatic heterocycles. The fraction of sp³-hybridized carbons (Fsp3) is 0. The summed E-state index contributed by atoms with van der Waals surface area (Å²) in [6.07, 6.45) is 0. The first-order valence-electron chi connectivity index (χ1n) is 20.8. The van der Waals surface area contributed by atoms with Gasteiger partial charge >= 0.3 is 0 Å². The quantitative estimate of drug-likeness (QED) is 0.161. The zero-order valence-corrected chi connectivity index (χ0v) is 33.2. The van der Waals surface area contributed by atoms with Crippen LogP contribution in [0.4, 0.5) is 17.1 Å². The molecule has 0 radical (unpaired) electrons. The van der Waals surface area contributed by atoms with Crippen molar-refractivity contribution in [1.82, 2.24) is 4.57 Å². The molecule has 0 aliphatic carbocycles. The molecule has 0 N–H and O–H groups in total. The first kappa shape index (κ1) is 34.9. The lowest BCUT2D eigenvalue weighted by atomic mass is 9.95. The molecular weight excluding hydrogens is 741 g/mol. The molecule has 12 rings (SSSR count). The maximum absolute atomic E-state index is 7.02. The highest BCUT2D eigenvalue weighted by Gasteiger charge is 2.24. The van der Waals surface area contributed by atoms with Gasteiger partial charge < -0.3 is 13.9 Å². The van der Waals surface area contributed by atoms with Gasteiger partial charge in [-0.05, 0) is 111 Å². The van der Waals surface area contributed by atoms with E-state index in [-0.39, 0.29) is 0 Å². The van der Waals surface area contributed by atoms with Gasteiger partial charge in [0.25, 0.3) is 0 Å². The number of benzene rings is 10. The molecule has 61 heavy (non-hydrogen) atoms. The standard InChI is InChI=1S/C58H38N2O/c1-4-15-39(16-5-1)40-27-29-41(30-28-40)42-31-34-47(35-32-42)59(45-18-6-2-7-19-45)54-38-44(37-51-57-48-22-11-10-17-43(48)33-36-55(57)61-58(51)54)49-24-14-26-53-56(49)50-23-12-13-25-52(50)60(53)46-20-8-3-9-21-46/h1-38H. The number of fused-ring (bicyclic) bond motifs is 8. The predicted molar refractivity (Wildman–Crippen MR) is 257 cm³/mol. The van der Waals surface area contributed by atoms with Crippen molar-refractivity contribution in [3.05, 3.63) is 231 Å². The molecule has 0 saturated carbocycles. The minimum absolute atomic E-state index is 0.846. The Bertz CT molecular complexity index is 3550. The molecule has 0 saturated heterocycles. The van der Waals surface area contributed by atoms with E-state index >= 15 is 0 Å². The van der Waals surface area contributed by atoms with Gasteiger partial charge in [-0.3, -0.25) is 0 Å². The summed E-state index contributed by atoms with van der Waals surface area (Å²) in [6.45, 7) is 0.